The van der Waals surface area contributed by atoms with Gasteiger partial charge in [-0.25, -0.2) is 0 Å². The minimum absolute atomic E-state index is 0.223. The van der Waals surface area contributed by atoms with Crippen LogP contribution in [-0.4, -0.2) is 40.7 Å². The molecule has 3 aromatic carbocycles. The van der Waals surface area contributed by atoms with Gasteiger partial charge in [0.25, 0.3) is 0 Å². The quantitative estimate of drug-likeness (QED) is 0.265. The first-order valence-electron chi connectivity index (χ1n) is 14.2. The van der Waals surface area contributed by atoms with Crippen LogP contribution < -0.4 is 9.47 Å². The van der Waals surface area contributed by atoms with Gasteiger partial charge in [0.15, 0.2) is 0 Å². The number of pyridine rings is 1. The van der Waals surface area contributed by atoms with Crippen molar-refractivity contribution in [2.24, 2.45) is 5.92 Å². The van der Waals surface area contributed by atoms with Crippen LogP contribution in [0.2, 0.25) is 0 Å². The van der Waals surface area contributed by atoms with Crippen molar-refractivity contribution < 1.29 is 14.6 Å². The van der Waals surface area contributed by atoms with Gasteiger partial charge in [-0.05, 0) is 98.0 Å². The molecule has 0 radical (unpaired) electrons. The van der Waals surface area contributed by atoms with Crippen molar-refractivity contribution in [1.29, 1.82) is 0 Å². The van der Waals surface area contributed by atoms with Crippen molar-refractivity contribution in [2.45, 2.75) is 39.3 Å². The summed E-state index contributed by atoms with van der Waals surface area (Å²) in [7, 11) is 0. The average molecular weight is 533 g/mol. The van der Waals surface area contributed by atoms with E-state index in [0.717, 1.165) is 69.6 Å². The van der Waals surface area contributed by atoms with Crippen molar-refractivity contribution in [1.82, 2.24) is 9.88 Å². The fourth-order valence-electron chi connectivity index (χ4n) is 5.85. The van der Waals surface area contributed by atoms with Crippen molar-refractivity contribution in [3.05, 3.63) is 108 Å². The van der Waals surface area contributed by atoms with Gasteiger partial charge >= 0.3 is 0 Å². The van der Waals surface area contributed by atoms with Gasteiger partial charge in [0, 0.05) is 35.5 Å². The maximum atomic E-state index is 10.2. The lowest BCUT2D eigenvalue weighted by atomic mass is 9.85. The minimum Gasteiger partial charge on any atom is -0.508 e. The van der Waals surface area contributed by atoms with E-state index in [1.54, 1.807) is 12.1 Å². The zero-order valence-electron chi connectivity index (χ0n) is 23.4. The number of hydrogen-bond acceptors (Lipinski definition) is 5. The summed E-state index contributed by atoms with van der Waals surface area (Å²) in [5, 5.41) is 10.2. The maximum absolute atomic E-state index is 10.2. The number of allylic oxidation sites excluding steroid dienone is 1. The molecule has 0 bridgehead atoms. The van der Waals surface area contributed by atoms with Crippen molar-refractivity contribution in [3.8, 4) is 28.5 Å². The average Bonchev–Trinajstić information content (AvgIpc) is 3.43. The van der Waals surface area contributed by atoms with Crippen LogP contribution >= 0.6 is 0 Å². The number of nitrogens with zero attached hydrogens (tertiary/aromatic N) is 2. The number of phenols is 1. The third-order valence-corrected chi connectivity index (χ3v) is 8.17. The van der Waals surface area contributed by atoms with Crippen LogP contribution in [0.5, 0.6) is 17.2 Å². The van der Waals surface area contributed by atoms with Crippen LogP contribution in [0.15, 0.2) is 91.1 Å². The summed E-state index contributed by atoms with van der Waals surface area (Å²) in [5.41, 5.74) is 7.13. The molecule has 204 valence electrons. The third kappa shape index (κ3) is 5.34. The number of aromatic hydroxyl groups is 1. The van der Waals surface area contributed by atoms with Gasteiger partial charge in [-0.1, -0.05) is 43.3 Å². The normalized spacial score (nSPS) is 19.7. The zero-order valence-corrected chi connectivity index (χ0v) is 23.4. The molecule has 1 fully saturated rings. The maximum Gasteiger partial charge on any atom is 0.150 e. The van der Waals surface area contributed by atoms with E-state index in [0.29, 0.717) is 12.6 Å². The first-order chi connectivity index (χ1) is 19.5. The van der Waals surface area contributed by atoms with Gasteiger partial charge < -0.3 is 14.6 Å². The largest absolute Gasteiger partial charge is 0.508 e. The topological polar surface area (TPSA) is 54.8 Å². The van der Waals surface area contributed by atoms with Gasteiger partial charge in [-0.2, -0.15) is 0 Å². The molecule has 2 aliphatic heterocycles. The summed E-state index contributed by atoms with van der Waals surface area (Å²) in [6.45, 7) is 9.65. The Hall–Kier alpha value is -4.09. The Balaban J connectivity index is 1.31. The zero-order chi connectivity index (χ0) is 27.6. The van der Waals surface area contributed by atoms with Gasteiger partial charge in [0.2, 0.25) is 0 Å². The molecule has 5 heteroatoms. The number of benzene rings is 3. The molecule has 3 atom stereocenters. The Morgan fingerprint density at radius 1 is 1.00 bits per heavy atom. The van der Waals surface area contributed by atoms with E-state index in [9.17, 15) is 5.11 Å². The molecule has 1 aromatic heterocycles. The third-order valence-electron chi connectivity index (χ3n) is 8.17. The highest BCUT2D eigenvalue weighted by molar-refractivity contribution is 5.96. The molecule has 2 aliphatic rings. The van der Waals surface area contributed by atoms with Crippen LogP contribution in [0.25, 0.3) is 22.4 Å². The number of aromatic nitrogens is 1. The summed E-state index contributed by atoms with van der Waals surface area (Å²) < 4.78 is 12.8. The molecule has 0 spiro atoms. The summed E-state index contributed by atoms with van der Waals surface area (Å²) in [6.07, 6.45) is 2.77. The molecular formula is C35H36N2O3. The van der Waals surface area contributed by atoms with E-state index in [4.69, 9.17) is 9.47 Å². The second kappa shape index (κ2) is 11.2. The van der Waals surface area contributed by atoms with Crippen molar-refractivity contribution >= 4 is 11.1 Å². The molecule has 1 N–H and O–H groups in total. The van der Waals surface area contributed by atoms with E-state index in [2.05, 4.69) is 67.1 Å². The SMILES string of the molecule is CC1=C(c2cccc(-c3ccccn3)c2)C(c2ccc(OCC(C)N3CCC(C)C3)cc2)Oc2ccc(O)cc21. The summed E-state index contributed by atoms with van der Waals surface area (Å²) in [6, 6.07) is 28.4. The highest BCUT2D eigenvalue weighted by Crippen LogP contribution is 2.47. The molecule has 1 saturated heterocycles. The minimum atomic E-state index is -0.310. The lowest BCUT2D eigenvalue weighted by molar-refractivity contribution is 0.169. The first-order valence-corrected chi connectivity index (χ1v) is 14.2. The molecule has 5 nitrogen and oxygen atoms in total. The molecule has 6 rings (SSSR count). The number of ether oxygens (including phenoxy) is 2. The number of rotatable bonds is 7. The van der Waals surface area contributed by atoms with Crippen molar-refractivity contribution in [3.63, 3.8) is 0 Å². The fourth-order valence-corrected chi connectivity index (χ4v) is 5.85. The lowest BCUT2D eigenvalue weighted by Gasteiger charge is -2.31. The van der Waals surface area contributed by atoms with E-state index < -0.39 is 0 Å². The summed E-state index contributed by atoms with van der Waals surface area (Å²) in [5.74, 6) is 2.62. The van der Waals surface area contributed by atoms with Gasteiger partial charge in [0.1, 0.15) is 30.0 Å². The Kier molecular flexibility index (Phi) is 7.31. The second-order valence-electron chi connectivity index (χ2n) is 11.1. The smallest absolute Gasteiger partial charge is 0.150 e. The van der Waals surface area contributed by atoms with E-state index in [1.807, 2.05) is 42.6 Å². The molecule has 0 saturated carbocycles. The first kappa shape index (κ1) is 26.1. The van der Waals surface area contributed by atoms with Crippen LogP contribution in [-0.2, 0) is 0 Å². The monoisotopic (exact) mass is 532 g/mol. The predicted octanol–water partition coefficient (Wildman–Crippen LogP) is 7.63. The number of fused-ring (bicyclic) bond motifs is 1. The number of likely N-dealkylation sites (tertiary alicyclic amines) is 1. The van der Waals surface area contributed by atoms with Gasteiger partial charge in [-0.3, -0.25) is 9.88 Å². The van der Waals surface area contributed by atoms with Crippen LogP contribution in [0, 0.1) is 5.92 Å². The Labute approximate surface area is 236 Å². The van der Waals surface area contributed by atoms with E-state index >= 15 is 0 Å². The van der Waals surface area contributed by atoms with Crippen LogP contribution in [0.4, 0.5) is 0 Å². The fraction of sp³-hybridized carbons (Fsp3) is 0.286. The van der Waals surface area contributed by atoms with Crippen molar-refractivity contribution in [2.75, 3.05) is 19.7 Å². The van der Waals surface area contributed by atoms with Crippen LogP contribution in [0.3, 0.4) is 0 Å². The Morgan fingerprint density at radius 3 is 2.58 bits per heavy atom. The standard InChI is InChI=1S/C35H36N2O3/c1-23-16-18-37(21-23)24(2)22-39-30-13-10-26(11-14-30)35-34(25(3)31-20-29(38)12-15-33(31)40-35)28-8-6-7-27(19-28)32-9-4-5-17-36-32/h4-15,17,19-20,23-24,35,38H,16,18,21-22H2,1-3H3. The second-order valence-corrected chi connectivity index (χ2v) is 11.1. The van der Waals surface area contributed by atoms with Gasteiger partial charge in [0.05, 0.1) is 5.69 Å². The molecule has 0 amide bonds. The number of hydrogen-bond donors (Lipinski definition) is 1. The highest BCUT2D eigenvalue weighted by atomic mass is 16.5. The lowest BCUT2D eigenvalue weighted by Crippen LogP contribution is -2.35. The summed E-state index contributed by atoms with van der Waals surface area (Å²) in [4.78, 5) is 7.07. The Bertz CT molecular complexity index is 1510. The van der Waals surface area contributed by atoms with E-state index in [1.165, 1.54) is 6.42 Å². The van der Waals surface area contributed by atoms with Gasteiger partial charge in [-0.15, -0.1) is 0 Å². The molecule has 3 heterocycles. The van der Waals surface area contributed by atoms with E-state index in [-0.39, 0.29) is 11.9 Å². The molecule has 4 aromatic rings. The van der Waals surface area contributed by atoms with Crippen LogP contribution in [0.1, 0.15) is 50.0 Å². The number of phenolic OH excluding ortho intramolecular Hbond substituents is 1. The molecule has 3 unspecified atom stereocenters. The molecule has 0 aliphatic carbocycles. The Morgan fingerprint density at radius 2 is 1.82 bits per heavy atom. The molecule has 40 heavy (non-hydrogen) atoms. The predicted molar refractivity (Wildman–Crippen MR) is 160 cm³/mol. The highest BCUT2D eigenvalue weighted by Gasteiger charge is 2.30. The summed E-state index contributed by atoms with van der Waals surface area (Å²) >= 11 is 0. The molecular weight excluding hydrogens is 496 g/mol.